The van der Waals surface area contributed by atoms with E-state index in [1.54, 1.807) is 28.5 Å². The third kappa shape index (κ3) is 5.40. The quantitative estimate of drug-likeness (QED) is 0.479. The van der Waals surface area contributed by atoms with Crippen molar-refractivity contribution in [1.29, 1.82) is 0 Å². The number of rotatable bonds is 5. The largest absolute Gasteiger partial charge is 0.368 e. The molecule has 4 rings (SSSR count). The van der Waals surface area contributed by atoms with Gasteiger partial charge in [0.1, 0.15) is 5.82 Å². The predicted molar refractivity (Wildman–Crippen MR) is 131 cm³/mol. The molecule has 1 saturated heterocycles. The van der Waals surface area contributed by atoms with Crippen molar-refractivity contribution < 1.29 is 14.0 Å². The Bertz CT molecular complexity index is 1170. The number of benzene rings is 2. The SMILES string of the molecule is CC(=O)N(c1nc(/C=C/C(=O)N2CCN(c3ccc(Cl)cc3)CC2)cs1)c1ccccc1F. The van der Waals surface area contributed by atoms with Crippen LogP contribution in [0.1, 0.15) is 12.6 Å². The van der Waals surface area contributed by atoms with Crippen molar-refractivity contribution >= 4 is 57.3 Å². The van der Waals surface area contributed by atoms with Gasteiger partial charge in [0.05, 0.1) is 11.4 Å². The van der Waals surface area contributed by atoms with Crippen molar-refractivity contribution in [3.05, 3.63) is 76.5 Å². The van der Waals surface area contributed by atoms with Crippen molar-refractivity contribution in [2.75, 3.05) is 36.0 Å². The molecule has 9 heteroatoms. The fourth-order valence-electron chi connectivity index (χ4n) is 3.59. The number of thiazole rings is 1. The number of anilines is 3. The monoisotopic (exact) mass is 484 g/mol. The lowest BCUT2D eigenvalue weighted by Crippen LogP contribution is -2.48. The van der Waals surface area contributed by atoms with Crippen molar-refractivity contribution in [3.63, 3.8) is 0 Å². The number of hydrogen-bond donors (Lipinski definition) is 0. The van der Waals surface area contributed by atoms with Crippen LogP contribution in [0.5, 0.6) is 0 Å². The maximum atomic E-state index is 14.2. The number of piperazine rings is 1. The van der Waals surface area contributed by atoms with Gasteiger partial charge in [-0.2, -0.15) is 0 Å². The van der Waals surface area contributed by atoms with Crippen molar-refractivity contribution in [1.82, 2.24) is 9.88 Å². The number of hydrogen-bond acceptors (Lipinski definition) is 5. The maximum Gasteiger partial charge on any atom is 0.246 e. The van der Waals surface area contributed by atoms with Crippen molar-refractivity contribution in [2.24, 2.45) is 0 Å². The topological polar surface area (TPSA) is 56.8 Å². The summed E-state index contributed by atoms with van der Waals surface area (Å²) >= 11 is 7.16. The van der Waals surface area contributed by atoms with E-state index in [4.69, 9.17) is 11.6 Å². The van der Waals surface area contributed by atoms with Crippen LogP contribution < -0.4 is 9.80 Å². The summed E-state index contributed by atoms with van der Waals surface area (Å²) in [5, 5.41) is 2.77. The van der Waals surface area contributed by atoms with Crippen LogP contribution in [-0.4, -0.2) is 47.9 Å². The lowest BCUT2D eigenvalue weighted by molar-refractivity contribution is -0.126. The lowest BCUT2D eigenvalue weighted by Gasteiger charge is -2.35. The summed E-state index contributed by atoms with van der Waals surface area (Å²) in [5.41, 5.74) is 1.76. The molecule has 0 atom stereocenters. The van der Waals surface area contributed by atoms with Crippen LogP contribution in [0.4, 0.5) is 20.9 Å². The number of carbonyl (C=O) groups is 2. The summed E-state index contributed by atoms with van der Waals surface area (Å²) < 4.78 is 14.2. The summed E-state index contributed by atoms with van der Waals surface area (Å²) in [6, 6.07) is 13.7. The van der Waals surface area contributed by atoms with Gasteiger partial charge in [0.25, 0.3) is 0 Å². The number of para-hydroxylation sites is 1. The first-order valence-corrected chi connectivity index (χ1v) is 11.7. The first-order chi connectivity index (χ1) is 15.9. The molecule has 1 aliphatic rings. The van der Waals surface area contributed by atoms with Crippen LogP contribution in [0.15, 0.2) is 60.0 Å². The Kier molecular flexibility index (Phi) is 7.05. The smallest absolute Gasteiger partial charge is 0.246 e. The van der Waals surface area contributed by atoms with Gasteiger partial charge in [-0.15, -0.1) is 11.3 Å². The molecule has 0 unspecified atom stereocenters. The van der Waals surface area contributed by atoms with Crippen LogP contribution in [0.25, 0.3) is 6.08 Å². The van der Waals surface area contributed by atoms with Gasteiger partial charge in [0, 0.05) is 55.3 Å². The summed E-state index contributed by atoms with van der Waals surface area (Å²) in [7, 11) is 0. The molecule has 1 fully saturated rings. The highest BCUT2D eigenvalue weighted by Crippen LogP contribution is 2.31. The molecule has 3 aromatic rings. The molecule has 0 radical (unpaired) electrons. The van der Waals surface area contributed by atoms with E-state index in [1.165, 1.54) is 41.4 Å². The molecule has 0 spiro atoms. The minimum absolute atomic E-state index is 0.0992. The van der Waals surface area contributed by atoms with E-state index >= 15 is 0 Å². The second kappa shape index (κ2) is 10.1. The van der Waals surface area contributed by atoms with Gasteiger partial charge < -0.3 is 9.80 Å². The fraction of sp³-hybridized carbons (Fsp3) is 0.208. The van der Waals surface area contributed by atoms with E-state index in [9.17, 15) is 14.0 Å². The van der Waals surface area contributed by atoms with E-state index in [1.807, 2.05) is 24.3 Å². The van der Waals surface area contributed by atoms with E-state index in [0.717, 1.165) is 18.8 Å². The molecular formula is C24H22ClFN4O2S. The van der Waals surface area contributed by atoms with Crippen molar-refractivity contribution in [2.45, 2.75) is 6.92 Å². The summed E-state index contributed by atoms with van der Waals surface area (Å²) in [5.74, 6) is -0.953. The first-order valence-electron chi connectivity index (χ1n) is 10.4. The number of amides is 2. The van der Waals surface area contributed by atoms with Crippen LogP contribution in [-0.2, 0) is 9.59 Å². The summed E-state index contributed by atoms with van der Waals surface area (Å²) in [6.07, 6.45) is 3.10. The highest BCUT2D eigenvalue weighted by atomic mass is 35.5. The summed E-state index contributed by atoms with van der Waals surface area (Å²) in [4.78, 5) is 34.4. The third-order valence-corrected chi connectivity index (χ3v) is 6.39. The van der Waals surface area contributed by atoms with Crippen LogP contribution in [0, 0.1) is 5.82 Å². The fourth-order valence-corrected chi connectivity index (χ4v) is 4.57. The van der Waals surface area contributed by atoms with E-state index in [-0.39, 0.29) is 17.5 Å². The first kappa shape index (κ1) is 22.9. The predicted octanol–water partition coefficient (Wildman–Crippen LogP) is 4.98. The molecule has 0 aliphatic carbocycles. The molecule has 2 aromatic carbocycles. The van der Waals surface area contributed by atoms with Crippen molar-refractivity contribution in [3.8, 4) is 0 Å². The Morgan fingerprint density at radius 1 is 1.09 bits per heavy atom. The Balaban J connectivity index is 1.39. The van der Waals surface area contributed by atoms with Gasteiger partial charge in [-0.25, -0.2) is 9.37 Å². The molecule has 1 aromatic heterocycles. The van der Waals surface area contributed by atoms with Crippen LogP contribution >= 0.6 is 22.9 Å². The highest BCUT2D eigenvalue weighted by molar-refractivity contribution is 7.14. The average Bonchev–Trinajstić information content (AvgIpc) is 3.28. The molecule has 0 N–H and O–H groups in total. The third-order valence-electron chi connectivity index (χ3n) is 5.29. The van der Waals surface area contributed by atoms with Gasteiger partial charge in [-0.05, 0) is 42.5 Å². The Hall–Kier alpha value is -3.23. The maximum absolute atomic E-state index is 14.2. The van der Waals surface area contributed by atoms with E-state index in [2.05, 4.69) is 9.88 Å². The van der Waals surface area contributed by atoms with Gasteiger partial charge in [-0.1, -0.05) is 23.7 Å². The number of carbonyl (C=O) groups excluding carboxylic acids is 2. The molecule has 6 nitrogen and oxygen atoms in total. The van der Waals surface area contributed by atoms with Crippen LogP contribution in [0.2, 0.25) is 5.02 Å². The van der Waals surface area contributed by atoms with Gasteiger partial charge in [-0.3, -0.25) is 14.5 Å². The highest BCUT2D eigenvalue weighted by Gasteiger charge is 2.22. The molecule has 1 aliphatic heterocycles. The summed E-state index contributed by atoms with van der Waals surface area (Å²) in [6.45, 7) is 4.05. The zero-order valence-corrected chi connectivity index (χ0v) is 19.5. The second-order valence-electron chi connectivity index (χ2n) is 7.48. The minimum atomic E-state index is -0.507. The second-order valence-corrected chi connectivity index (χ2v) is 8.76. The Morgan fingerprint density at radius 3 is 2.45 bits per heavy atom. The van der Waals surface area contributed by atoms with E-state index in [0.29, 0.717) is 28.9 Å². The molecule has 2 heterocycles. The molecule has 33 heavy (non-hydrogen) atoms. The number of halogens is 2. The Labute approximate surface area is 200 Å². The number of aromatic nitrogens is 1. The van der Waals surface area contributed by atoms with Crippen LogP contribution in [0.3, 0.4) is 0 Å². The standard InChI is InChI=1S/C24H22ClFN4O2S/c1-17(31)30(22-5-3-2-4-21(22)26)24-27-19(16-33-24)8-11-23(32)29-14-12-28(13-15-29)20-9-6-18(25)7-10-20/h2-11,16H,12-15H2,1H3/b11-8+. The molecular weight excluding hydrogens is 463 g/mol. The van der Waals surface area contributed by atoms with E-state index < -0.39 is 5.82 Å². The zero-order chi connectivity index (χ0) is 23.4. The van der Waals surface area contributed by atoms with Gasteiger partial charge >= 0.3 is 0 Å². The zero-order valence-electron chi connectivity index (χ0n) is 17.9. The number of nitrogens with zero attached hydrogens (tertiary/aromatic N) is 4. The normalized spacial score (nSPS) is 14.0. The molecule has 0 bridgehead atoms. The molecule has 170 valence electrons. The molecule has 2 amide bonds. The van der Waals surface area contributed by atoms with Gasteiger partial charge in [0.15, 0.2) is 5.13 Å². The molecule has 0 saturated carbocycles. The average molecular weight is 485 g/mol. The van der Waals surface area contributed by atoms with Gasteiger partial charge in [0.2, 0.25) is 11.8 Å². The Morgan fingerprint density at radius 2 is 1.79 bits per heavy atom. The minimum Gasteiger partial charge on any atom is -0.368 e. The lowest BCUT2D eigenvalue weighted by atomic mass is 10.2.